The van der Waals surface area contributed by atoms with Gasteiger partial charge in [-0.2, -0.15) is 0 Å². The molecule has 1 atom stereocenters. The lowest BCUT2D eigenvalue weighted by Crippen LogP contribution is -2.10. The minimum atomic E-state index is -0.0532. The van der Waals surface area contributed by atoms with Crippen LogP contribution in [0.3, 0.4) is 0 Å². The molecule has 0 saturated carbocycles. The zero-order valence-corrected chi connectivity index (χ0v) is 10.5. The normalized spacial score (nSPS) is 18.5. The van der Waals surface area contributed by atoms with E-state index in [1.807, 2.05) is 18.2 Å². The molecule has 2 rings (SSSR count). The molecule has 1 aromatic carbocycles. The van der Waals surface area contributed by atoms with Crippen LogP contribution < -0.4 is 9.47 Å². The summed E-state index contributed by atoms with van der Waals surface area (Å²) < 4.78 is 10.6. The van der Waals surface area contributed by atoms with Gasteiger partial charge in [0.25, 0.3) is 0 Å². The zero-order chi connectivity index (χ0) is 12.3. The largest absolute Gasteiger partial charge is 0.493 e. The maximum Gasteiger partial charge on any atom is 0.169 e. The van der Waals surface area contributed by atoms with Gasteiger partial charge in [0, 0.05) is 12.0 Å². The topological polar surface area (TPSA) is 40.0 Å². The van der Waals surface area contributed by atoms with Crippen LogP contribution in [0.5, 0.6) is 11.5 Å². The summed E-state index contributed by atoms with van der Waals surface area (Å²) in [6, 6.07) is 5.67. The van der Waals surface area contributed by atoms with Crippen LogP contribution in [0.25, 0.3) is 0 Å². The first-order valence-electron chi connectivity index (χ1n) is 5.30. The average Bonchev–Trinajstić information content (AvgIpc) is 2.86. The Morgan fingerprint density at radius 1 is 1.41 bits per heavy atom. The van der Waals surface area contributed by atoms with Crippen molar-refractivity contribution in [3.63, 3.8) is 0 Å². The predicted octanol–water partition coefficient (Wildman–Crippen LogP) is 2.44. The Balaban J connectivity index is 2.33. The van der Waals surface area contributed by atoms with Crippen LogP contribution >= 0.6 is 11.6 Å². The van der Waals surface area contributed by atoms with E-state index in [4.69, 9.17) is 25.9 Å². The van der Waals surface area contributed by atoms with Crippen molar-refractivity contribution in [3.05, 3.63) is 23.8 Å². The van der Waals surface area contributed by atoms with Crippen molar-refractivity contribution in [2.45, 2.75) is 12.5 Å². The Morgan fingerprint density at radius 2 is 2.24 bits per heavy atom. The third-order valence-electron chi connectivity index (χ3n) is 2.62. The number of nitrogens with zero attached hydrogens (tertiary/aromatic N) is 1. The van der Waals surface area contributed by atoms with E-state index in [2.05, 4.69) is 5.16 Å². The first kappa shape index (κ1) is 12.0. The number of rotatable bonds is 4. The fourth-order valence-corrected chi connectivity index (χ4v) is 1.95. The summed E-state index contributed by atoms with van der Waals surface area (Å²) in [5.41, 5.74) is 1.73. The third-order valence-corrected chi connectivity index (χ3v) is 2.96. The number of oxime groups is 1. The molecule has 4 nitrogen and oxygen atoms in total. The summed E-state index contributed by atoms with van der Waals surface area (Å²) in [6.07, 6.45) is 0.634. The van der Waals surface area contributed by atoms with Crippen LogP contribution in [-0.4, -0.2) is 31.9 Å². The number of benzene rings is 1. The highest BCUT2D eigenvalue weighted by atomic mass is 35.5. The number of alkyl halides is 1. The van der Waals surface area contributed by atoms with E-state index in [1.165, 1.54) is 0 Å². The smallest absolute Gasteiger partial charge is 0.169 e. The van der Waals surface area contributed by atoms with Crippen LogP contribution in [-0.2, 0) is 4.84 Å². The van der Waals surface area contributed by atoms with Crippen LogP contribution in [0.15, 0.2) is 23.4 Å². The number of ether oxygens (including phenoxy) is 2. The van der Waals surface area contributed by atoms with Crippen molar-refractivity contribution in [2.24, 2.45) is 5.16 Å². The lowest BCUT2D eigenvalue weighted by atomic mass is 10.0. The van der Waals surface area contributed by atoms with Crippen LogP contribution in [0, 0.1) is 0 Å². The Kier molecular flexibility index (Phi) is 3.74. The van der Waals surface area contributed by atoms with E-state index in [0.29, 0.717) is 23.8 Å². The second-order valence-electron chi connectivity index (χ2n) is 3.66. The Morgan fingerprint density at radius 3 is 2.82 bits per heavy atom. The van der Waals surface area contributed by atoms with E-state index in [1.54, 1.807) is 14.2 Å². The monoisotopic (exact) mass is 255 g/mol. The Hall–Kier alpha value is -1.42. The SMILES string of the molecule is COc1cccc(C2=NOC(CCl)C2)c1OC. The van der Waals surface area contributed by atoms with Crippen molar-refractivity contribution >= 4 is 17.3 Å². The number of hydrogen-bond acceptors (Lipinski definition) is 4. The molecule has 92 valence electrons. The van der Waals surface area contributed by atoms with Gasteiger partial charge in [0.15, 0.2) is 11.5 Å². The number of para-hydroxylation sites is 1. The molecule has 1 heterocycles. The van der Waals surface area contributed by atoms with Gasteiger partial charge in [-0.1, -0.05) is 11.2 Å². The maximum atomic E-state index is 5.74. The van der Waals surface area contributed by atoms with Gasteiger partial charge < -0.3 is 14.3 Å². The van der Waals surface area contributed by atoms with Crippen molar-refractivity contribution in [2.75, 3.05) is 20.1 Å². The molecule has 0 fully saturated rings. The summed E-state index contributed by atoms with van der Waals surface area (Å²) in [5.74, 6) is 1.79. The molecule has 1 aromatic rings. The molecule has 0 aliphatic carbocycles. The van der Waals surface area contributed by atoms with Gasteiger partial charge >= 0.3 is 0 Å². The summed E-state index contributed by atoms with van der Waals surface area (Å²) in [5, 5.41) is 4.04. The van der Waals surface area contributed by atoms with Crippen LogP contribution in [0.2, 0.25) is 0 Å². The molecule has 1 unspecified atom stereocenters. The second kappa shape index (κ2) is 5.27. The Labute approximate surface area is 105 Å². The van der Waals surface area contributed by atoms with E-state index >= 15 is 0 Å². The summed E-state index contributed by atoms with van der Waals surface area (Å²) >= 11 is 5.74. The van der Waals surface area contributed by atoms with E-state index in [0.717, 1.165) is 11.3 Å². The third kappa shape index (κ3) is 2.31. The molecule has 0 spiro atoms. The molecule has 0 N–H and O–H groups in total. The molecule has 1 aliphatic rings. The van der Waals surface area contributed by atoms with Crippen molar-refractivity contribution in [1.82, 2.24) is 0 Å². The number of methoxy groups -OCH3 is 2. The molecule has 0 saturated heterocycles. The molecule has 5 heteroatoms. The maximum absolute atomic E-state index is 5.74. The van der Waals surface area contributed by atoms with Gasteiger partial charge in [0.1, 0.15) is 6.10 Å². The molecule has 0 bridgehead atoms. The van der Waals surface area contributed by atoms with Gasteiger partial charge in [0.2, 0.25) is 0 Å². The molecular weight excluding hydrogens is 242 g/mol. The molecular formula is C12H14ClNO3. The second-order valence-corrected chi connectivity index (χ2v) is 3.97. The molecule has 0 radical (unpaired) electrons. The van der Waals surface area contributed by atoms with Crippen molar-refractivity contribution in [1.29, 1.82) is 0 Å². The lowest BCUT2D eigenvalue weighted by Gasteiger charge is -2.11. The van der Waals surface area contributed by atoms with Crippen LogP contribution in [0.1, 0.15) is 12.0 Å². The summed E-state index contributed by atoms with van der Waals surface area (Å²) in [7, 11) is 3.22. The van der Waals surface area contributed by atoms with Crippen molar-refractivity contribution in [3.8, 4) is 11.5 Å². The number of hydrogen-bond donors (Lipinski definition) is 0. The van der Waals surface area contributed by atoms with Gasteiger partial charge in [-0.05, 0) is 12.1 Å². The molecule has 0 aromatic heterocycles. The quantitative estimate of drug-likeness (QED) is 0.776. The molecule has 1 aliphatic heterocycles. The first-order chi connectivity index (χ1) is 8.30. The van der Waals surface area contributed by atoms with E-state index in [9.17, 15) is 0 Å². The lowest BCUT2D eigenvalue weighted by molar-refractivity contribution is 0.102. The van der Waals surface area contributed by atoms with Gasteiger partial charge in [-0.15, -0.1) is 11.6 Å². The molecule has 17 heavy (non-hydrogen) atoms. The zero-order valence-electron chi connectivity index (χ0n) is 9.77. The fourth-order valence-electron chi connectivity index (χ4n) is 1.78. The highest BCUT2D eigenvalue weighted by molar-refractivity contribution is 6.18. The Bertz CT molecular complexity index is 434. The first-order valence-corrected chi connectivity index (χ1v) is 5.83. The van der Waals surface area contributed by atoms with E-state index in [-0.39, 0.29) is 6.10 Å². The van der Waals surface area contributed by atoms with Gasteiger partial charge in [-0.3, -0.25) is 0 Å². The average molecular weight is 256 g/mol. The summed E-state index contributed by atoms with van der Waals surface area (Å²) in [6.45, 7) is 0. The van der Waals surface area contributed by atoms with E-state index < -0.39 is 0 Å². The highest BCUT2D eigenvalue weighted by Gasteiger charge is 2.24. The van der Waals surface area contributed by atoms with Gasteiger partial charge in [0.05, 0.1) is 25.8 Å². The van der Waals surface area contributed by atoms with Crippen molar-refractivity contribution < 1.29 is 14.3 Å². The summed E-state index contributed by atoms with van der Waals surface area (Å²) in [4.78, 5) is 5.20. The number of halogens is 1. The highest BCUT2D eigenvalue weighted by Crippen LogP contribution is 2.33. The molecule has 0 amide bonds. The van der Waals surface area contributed by atoms with Crippen LogP contribution in [0.4, 0.5) is 0 Å². The standard InChI is InChI=1S/C12H14ClNO3/c1-15-11-5-3-4-9(12(11)16-2)10-6-8(7-13)17-14-10/h3-5,8H,6-7H2,1-2H3. The minimum Gasteiger partial charge on any atom is -0.493 e. The minimum absolute atomic E-state index is 0.0532. The van der Waals surface area contributed by atoms with Gasteiger partial charge in [-0.25, -0.2) is 0 Å². The fraction of sp³-hybridized carbons (Fsp3) is 0.417. The predicted molar refractivity (Wildman–Crippen MR) is 66.3 cm³/mol.